The Morgan fingerprint density at radius 2 is 1.69 bits per heavy atom. The van der Waals surface area contributed by atoms with Crippen molar-refractivity contribution >= 4 is 17.2 Å². The Bertz CT molecular complexity index is 1650. The SMILES string of the molecule is COc1cccc(NC(=O)c2c(-c3ccc(C(C)C)cc3)c3c4n(c(-c5ccc(C)cc5)cn24)CCCC3)c1. The van der Waals surface area contributed by atoms with Gasteiger partial charge in [-0.1, -0.05) is 74.0 Å². The van der Waals surface area contributed by atoms with Crippen molar-refractivity contribution in [2.24, 2.45) is 0 Å². The standard InChI is InChI=1S/C34H35N3O2/c1-22(2)24-15-17-26(18-16-24)31-29-10-5-6-19-36-30(25-13-11-23(3)12-14-25)21-37(34(29)36)32(31)33(38)35-27-8-7-9-28(20-27)39-4/h7-9,11-18,20-22H,5-6,10,19H2,1-4H3,(H,35,38). The number of carbonyl (C=O) groups excluding carboxylic acids is 1. The van der Waals surface area contributed by atoms with Crippen LogP contribution in [0.25, 0.3) is 28.0 Å². The van der Waals surface area contributed by atoms with Gasteiger partial charge in [0.2, 0.25) is 0 Å². The van der Waals surface area contributed by atoms with E-state index in [1.165, 1.54) is 22.3 Å². The van der Waals surface area contributed by atoms with Gasteiger partial charge in [-0.25, -0.2) is 0 Å². The molecule has 2 aromatic heterocycles. The number of rotatable bonds is 6. The van der Waals surface area contributed by atoms with Crippen LogP contribution in [0.4, 0.5) is 5.69 Å². The highest BCUT2D eigenvalue weighted by Crippen LogP contribution is 2.40. The molecule has 1 aliphatic rings. The minimum atomic E-state index is -0.124. The van der Waals surface area contributed by atoms with Crippen LogP contribution in [-0.4, -0.2) is 22.0 Å². The van der Waals surface area contributed by atoms with Crippen molar-refractivity contribution in [3.05, 3.63) is 101 Å². The number of methoxy groups -OCH3 is 1. The third-order valence-electron chi connectivity index (χ3n) is 7.89. The molecule has 0 spiro atoms. The average molecular weight is 518 g/mol. The summed E-state index contributed by atoms with van der Waals surface area (Å²) in [6.45, 7) is 7.45. The molecule has 39 heavy (non-hydrogen) atoms. The predicted molar refractivity (Wildman–Crippen MR) is 159 cm³/mol. The summed E-state index contributed by atoms with van der Waals surface area (Å²) in [4.78, 5) is 14.2. The van der Waals surface area contributed by atoms with E-state index in [0.717, 1.165) is 48.3 Å². The molecule has 3 aromatic carbocycles. The van der Waals surface area contributed by atoms with Gasteiger partial charge in [0.05, 0.1) is 12.8 Å². The molecule has 0 bridgehead atoms. The van der Waals surface area contributed by atoms with Crippen molar-refractivity contribution in [3.63, 3.8) is 0 Å². The number of hydrogen-bond donors (Lipinski definition) is 1. The fourth-order valence-electron chi connectivity index (χ4n) is 5.80. The first-order chi connectivity index (χ1) is 18.9. The zero-order valence-electron chi connectivity index (χ0n) is 23.1. The Labute approximate surface area is 230 Å². The minimum Gasteiger partial charge on any atom is -0.497 e. The van der Waals surface area contributed by atoms with Crippen molar-refractivity contribution in [1.82, 2.24) is 8.97 Å². The Morgan fingerprint density at radius 1 is 0.949 bits per heavy atom. The van der Waals surface area contributed by atoms with Crippen LogP contribution in [-0.2, 0) is 13.0 Å². The Balaban J connectivity index is 1.58. The number of nitrogens with zero attached hydrogens (tertiary/aromatic N) is 2. The molecular formula is C34H35N3O2. The second kappa shape index (κ2) is 10.1. The van der Waals surface area contributed by atoms with Gasteiger partial charge >= 0.3 is 0 Å². The lowest BCUT2D eigenvalue weighted by Gasteiger charge is -2.12. The molecule has 0 saturated carbocycles. The lowest BCUT2D eigenvalue weighted by molar-refractivity contribution is 0.102. The zero-order valence-corrected chi connectivity index (χ0v) is 23.1. The Kier molecular flexibility index (Phi) is 6.51. The van der Waals surface area contributed by atoms with E-state index in [4.69, 9.17) is 4.74 Å². The van der Waals surface area contributed by atoms with E-state index >= 15 is 0 Å². The number of ether oxygens (including phenoxy) is 1. The molecule has 6 rings (SSSR count). The van der Waals surface area contributed by atoms with Crippen LogP contribution in [0.2, 0.25) is 0 Å². The zero-order chi connectivity index (χ0) is 27.1. The van der Waals surface area contributed by atoms with E-state index in [1.54, 1.807) is 7.11 Å². The van der Waals surface area contributed by atoms with Crippen LogP contribution in [0, 0.1) is 6.92 Å². The molecule has 0 fully saturated rings. The van der Waals surface area contributed by atoms with Gasteiger partial charge < -0.3 is 14.6 Å². The first-order valence-electron chi connectivity index (χ1n) is 13.8. The summed E-state index contributed by atoms with van der Waals surface area (Å²) in [5.41, 5.74) is 10.7. The third kappa shape index (κ3) is 4.52. The van der Waals surface area contributed by atoms with Gasteiger partial charge in [0.1, 0.15) is 17.1 Å². The molecule has 0 unspecified atom stereocenters. The monoisotopic (exact) mass is 517 g/mol. The van der Waals surface area contributed by atoms with Gasteiger partial charge in [-0.3, -0.25) is 9.20 Å². The molecule has 1 aliphatic heterocycles. The van der Waals surface area contributed by atoms with Gasteiger partial charge in [0.15, 0.2) is 0 Å². The number of hydrogen-bond acceptors (Lipinski definition) is 2. The van der Waals surface area contributed by atoms with Gasteiger partial charge in [-0.15, -0.1) is 0 Å². The van der Waals surface area contributed by atoms with Crippen molar-refractivity contribution in [1.29, 1.82) is 0 Å². The number of nitrogens with one attached hydrogen (secondary N) is 1. The number of aryl methyl sites for hydroxylation is 3. The summed E-state index contributed by atoms with van der Waals surface area (Å²) < 4.78 is 9.95. The largest absolute Gasteiger partial charge is 0.497 e. The van der Waals surface area contributed by atoms with E-state index < -0.39 is 0 Å². The molecule has 1 N–H and O–H groups in total. The summed E-state index contributed by atoms with van der Waals surface area (Å²) in [5.74, 6) is 1.03. The summed E-state index contributed by atoms with van der Waals surface area (Å²) in [6, 6.07) is 24.9. The van der Waals surface area contributed by atoms with Crippen LogP contribution < -0.4 is 10.1 Å². The molecule has 1 amide bonds. The van der Waals surface area contributed by atoms with Crippen molar-refractivity contribution in [2.45, 2.75) is 52.5 Å². The number of amides is 1. The maximum absolute atomic E-state index is 14.2. The minimum absolute atomic E-state index is 0.124. The summed E-state index contributed by atoms with van der Waals surface area (Å²) >= 11 is 0. The van der Waals surface area contributed by atoms with Crippen molar-refractivity contribution < 1.29 is 9.53 Å². The molecule has 0 radical (unpaired) electrons. The van der Waals surface area contributed by atoms with Gasteiger partial charge in [-0.2, -0.15) is 0 Å². The highest BCUT2D eigenvalue weighted by Gasteiger charge is 2.29. The van der Waals surface area contributed by atoms with Crippen molar-refractivity contribution in [3.8, 4) is 28.1 Å². The predicted octanol–water partition coefficient (Wildman–Crippen LogP) is 8.10. The van der Waals surface area contributed by atoms with Gasteiger partial charge in [-0.05, 0) is 60.9 Å². The third-order valence-corrected chi connectivity index (χ3v) is 7.89. The number of imidazole rings is 1. The molecule has 0 atom stereocenters. The summed E-state index contributed by atoms with van der Waals surface area (Å²) in [7, 11) is 1.64. The molecular weight excluding hydrogens is 482 g/mol. The van der Waals surface area contributed by atoms with E-state index in [9.17, 15) is 4.79 Å². The second-order valence-corrected chi connectivity index (χ2v) is 10.8. The fourth-order valence-corrected chi connectivity index (χ4v) is 5.80. The van der Waals surface area contributed by atoms with Crippen LogP contribution >= 0.6 is 0 Å². The number of aromatic nitrogens is 2. The molecule has 3 heterocycles. The van der Waals surface area contributed by atoms with Crippen LogP contribution in [0.3, 0.4) is 0 Å². The van der Waals surface area contributed by atoms with Crippen LogP contribution in [0.5, 0.6) is 5.75 Å². The Hall–Kier alpha value is -4.25. The van der Waals surface area contributed by atoms with E-state index in [0.29, 0.717) is 23.0 Å². The van der Waals surface area contributed by atoms with E-state index in [-0.39, 0.29) is 5.91 Å². The van der Waals surface area contributed by atoms with Crippen LogP contribution in [0.1, 0.15) is 59.8 Å². The Morgan fingerprint density at radius 3 is 2.41 bits per heavy atom. The van der Waals surface area contributed by atoms with E-state index in [2.05, 4.69) is 89.8 Å². The fraction of sp³-hybridized carbons (Fsp3) is 0.265. The molecule has 5 nitrogen and oxygen atoms in total. The lowest BCUT2D eigenvalue weighted by Crippen LogP contribution is -2.15. The molecule has 0 aliphatic carbocycles. The normalized spacial score (nSPS) is 13.1. The number of carbonyl (C=O) groups is 1. The van der Waals surface area contributed by atoms with Gasteiger partial charge in [0.25, 0.3) is 5.91 Å². The van der Waals surface area contributed by atoms with Gasteiger partial charge in [0, 0.05) is 35.6 Å². The molecule has 0 saturated heterocycles. The highest BCUT2D eigenvalue weighted by atomic mass is 16.5. The van der Waals surface area contributed by atoms with Crippen LogP contribution in [0.15, 0.2) is 79.0 Å². The molecule has 5 heteroatoms. The number of benzene rings is 3. The van der Waals surface area contributed by atoms with E-state index in [1.807, 2.05) is 24.3 Å². The highest BCUT2D eigenvalue weighted by molar-refractivity contribution is 6.10. The molecule has 198 valence electrons. The lowest BCUT2D eigenvalue weighted by atomic mass is 9.95. The maximum atomic E-state index is 14.2. The number of anilines is 1. The first-order valence-corrected chi connectivity index (χ1v) is 13.8. The topological polar surface area (TPSA) is 47.7 Å². The quantitative estimate of drug-likeness (QED) is 0.247. The smallest absolute Gasteiger partial charge is 0.273 e. The summed E-state index contributed by atoms with van der Waals surface area (Å²) in [5, 5.41) is 3.17. The first kappa shape index (κ1) is 25.1. The molecule has 5 aromatic rings. The van der Waals surface area contributed by atoms with Crippen molar-refractivity contribution in [2.75, 3.05) is 12.4 Å². The summed E-state index contributed by atoms with van der Waals surface area (Å²) in [6.07, 6.45) is 5.29. The second-order valence-electron chi connectivity index (χ2n) is 10.8. The average Bonchev–Trinajstić information content (AvgIpc) is 3.36. The maximum Gasteiger partial charge on any atom is 0.273 e.